The smallest absolute Gasteiger partial charge is 0.263 e. The highest BCUT2D eigenvalue weighted by atomic mass is 79.9. The SMILES string of the molecule is Nc1cc(S(=O)(=O)Nc2cn[nH]c2)c(Br)cc1F. The molecule has 0 bridgehead atoms. The normalized spacial score (nSPS) is 11.4. The number of hydrogen-bond acceptors (Lipinski definition) is 4. The van der Waals surface area contributed by atoms with Gasteiger partial charge in [-0.15, -0.1) is 0 Å². The largest absolute Gasteiger partial charge is 0.396 e. The molecule has 0 atom stereocenters. The Morgan fingerprint density at radius 2 is 2.17 bits per heavy atom. The topological polar surface area (TPSA) is 101 Å². The summed E-state index contributed by atoms with van der Waals surface area (Å²) in [5.74, 6) is -0.691. The van der Waals surface area contributed by atoms with Crippen LogP contribution in [-0.2, 0) is 10.0 Å². The van der Waals surface area contributed by atoms with E-state index in [0.717, 1.165) is 12.1 Å². The number of aromatic amines is 1. The molecule has 0 fully saturated rings. The molecule has 0 saturated heterocycles. The van der Waals surface area contributed by atoms with E-state index in [2.05, 4.69) is 30.8 Å². The number of nitrogen functional groups attached to an aromatic ring is 1. The lowest BCUT2D eigenvalue weighted by atomic mass is 10.3. The quantitative estimate of drug-likeness (QED) is 0.743. The fourth-order valence-corrected chi connectivity index (χ4v) is 3.35. The summed E-state index contributed by atoms with van der Waals surface area (Å²) >= 11 is 2.98. The third-order valence-corrected chi connectivity index (χ3v) is 4.43. The number of nitrogens with one attached hydrogen (secondary N) is 2. The molecule has 2 rings (SSSR count). The molecule has 96 valence electrons. The van der Waals surface area contributed by atoms with Crippen LogP contribution in [0.15, 0.2) is 33.9 Å². The Labute approximate surface area is 111 Å². The first-order valence-electron chi connectivity index (χ1n) is 4.66. The number of halogens is 2. The number of hydrogen-bond donors (Lipinski definition) is 3. The Hall–Kier alpha value is -1.61. The van der Waals surface area contributed by atoms with Crippen molar-refractivity contribution in [1.29, 1.82) is 0 Å². The molecule has 0 saturated carbocycles. The third kappa shape index (κ3) is 2.46. The van der Waals surface area contributed by atoms with Crippen molar-refractivity contribution >= 4 is 37.3 Å². The molecule has 0 aliphatic carbocycles. The summed E-state index contributed by atoms with van der Waals surface area (Å²) in [4.78, 5) is -0.150. The van der Waals surface area contributed by atoms with E-state index in [-0.39, 0.29) is 20.7 Å². The molecule has 0 radical (unpaired) electrons. The number of anilines is 2. The van der Waals surface area contributed by atoms with E-state index in [1.807, 2.05) is 0 Å². The molecule has 6 nitrogen and oxygen atoms in total. The monoisotopic (exact) mass is 334 g/mol. The number of aromatic nitrogens is 2. The molecular formula is C9H8BrFN4O2S. The Morgan fingerprint density at radius 1 is 1.44 bits per heavy atom. The van der Waals surface area contributed by atoms with Gasteiger partial charge < -0.3 is 5.73 Å². The maximum absolute atomic E-state index is 13.1. The Bertz CT molecular complexity index is 672. The number of benzene rings is 1. The first-order chi connectivity index (χ1) is 8.40. The molecule has 1 aromatic carbocycles. The minimum absolute atomic E-state index is 0.0881. The van der Waals surface area contributed by atoms with Crippen molar-refractivity contribution in [3.8, 4) is 0 Å². The van der Waals surface area contributed by atoms with E-state index in [1.54, 1.807) is 0 Å². The predicted octanol–water partition coefficient (Wildman–Crippen LogP) is 1.69. The van der Waals surface area contributed by atoms with Crippen LogP contribution >= 0.6 is 15.9 Å². The van der Waals surface area contributed by atoms with Crippen LogP contribution in [0.25, 0.3) is 0 Å². The first kappa shape index (κ1) is 12.8. The summed E-state index contributed by atoms with van der Waals surface area (Å²) in [6, 6.07) is 2.04. The lowest BCUT2D eigenvalue weighted by Gasteiger charge is -2.09. The van der Waals surface area contributed by atoms with Crippen LogP contribution in [0, 0.1) is 5.82 Å². The second-order valence-corrected chi connectivity index (χ2v) is 5.90. The van der Waals surface area contributed by atoms with Crippen LogP contribution in [0.3, 0.4) is 0 Å². The van der Waals surface area contributed by atoms with Gasteiger partial charge in [-0.1, -0.05) is 0 Å². The minimum atomic E-state index is -3.86. The molecule has 0 aliphatic rings. The molecular weight excluding hydrogens is 327 g/mol. The van der Waals surface area contributed by atoms with E-state index < -0.39 is 15.8 Å². The third-order valence-electron chi connectivity index (χ3n) is 2.09. The predicted molar refractivity (Wildman–Crippen MR) is 67.9 cm³/mol. The summed E-state index contributed by atoms with van der Waals surface area (Å²) in [5, 5.41) is 6.07. The fraction of sp³-hybridized carbons (Fsp3) is 0. The molecule has 9 heteroatoms. The average molecular weight is 335 g/mol. The second-order valence-electron chi connectivity index (χ2n) is 3.40. The van der Waals surface area contributed by atoms with Gasteiger partial charge in [0.15, 0.2) is 0 Å². The van der Waals surface area contributed by atoms with Gasteiger partial charge in [-0.2, -0.15) is 5.10 Å². The summed E-state index contributed by atoms with van der Waals surface area (Å²) in [6.07, 6.45) is 2.68. The van der Waals surface area contributed by atoms with Gasteiger partial charge in [0.25, 0.3) is 10.0 Å². The fourth-order valence-electron chi connectivity index (χ4n) is 1.27. The highest BCUT2D eigenvalue weighted by molar-refractivity contribution is 9.10. The Morgan fingerprint density at radius 3 is 2.78 bits per heavy atom. The summed E-state index contributed by atoms with van der Waals surface area (Å²) < 4.78 is 39.5. The highest BCUT2D eigenvalue weighted by Gasteiger charge is 2.20. The zero-order chi connectivity index (χ0) is 13.3. The zero-order valence-corrected chi connectivity index (χ0v) is 11.2. The van der Waals surface area contributed by atoms with Crippen LogP contribution in [0.1, 0.15) is 0 Å². The summed E-state index contributed by atoms with van der Waals surface area (Å²) in [5.41, 5.74) is 5.38. The van der Waals surface area contributed by atoms with Crippen molar-refractivity contribution in [3.63, 3.8) is 0 Å². The molecule has 1 aromatic heterocycles. The number of rotatable bonds is 3. The molecule has 4 N–H and O–H groups in total. The van der Waals surface area contributed by atoms with Crippen LogP contribution in [0.4, 0.5) is 15.8 Å². The van der Waals surface area contributed by atoms with Gasteiger partial charge in [0, 0.05) is 10.7 Å². The van der Waals surface area contributed by atoms with Crippen LogP contribution < -0.4 is 10.5 Å². The lowest BCUT2D eigenvalue weighted by Crippen LogP contribution is -2.14. The number of H-pyrrole nitrogens is 1. The van der Waals surface area contributed by atoms with Gasteiger partial charge in [-0.05, 0) is 28.1 Å². The minimum Gasteiger partial charge on any atom is -0.396 e. The molecule has 0 spiro atoms. The zero-order valence-electron chi connectivity index (χ0n) is 8.81. The van der Waals surface area contributed by atoms with Gasteiger partial charge in [0.1, 0.15) is 10.7 Å². The highest BCUT2D eigenvalue weighted by Crippen LogP contribution is 2.28. The van der Waals surface area contributed by atoms with Crippen molar-refractivity contribution in [1.82, 2.24) is 10.2 Å². The Balaban J connectivity index is 2.44. The molecule has 18 heavy (non-hydrogen) atoms. The molecule has 2 aromatic rings. The van der Waals surface area contributed by atoms with Gasteiger partial charge >= 0.3 is 0 Å². The molecule has 0 amide bonds. The lowest BCUT2D eigenvalue weighted by molar-refractivity contribution is 0.599. The second kappa shape index (κ2) is 4.58. The maximum atomic E-state index is 13.1. The summed E-state index contributed by atoms with van der Waals surface area (Å²) in [7, 11) is -3.86. The van der Waals surface area contributed by atoms with Crippen molar-refractivity contribution in [2.75, 3.05) is 10.5 Å². The average Bonchev–Trinajstić information content (AvgIpc) is 2.75. The van der Waals surface area contributed by atoms with Crippen molar-refractivity contribution in [2.24, 2.45) is 0 Å². The van der Waals surface area contributed by atoms with Gasteiger partial charge in [0.2, 0.25) is 0 Å². The molecule has 0 aliphatic heterocycles. The van der Waals surface area contributed by atoms with Crippen molar-refractivity contribution < 1.29 is 12.8 Å². The van der Waals surface area contributed by atoms with Gasteiger partial charge in [-0.25, -0.2) is 12.8 Å². The molecule has 0 unspecified atom stereocenters. The summed E-state index contributed by atoms with van der Waals surface area (Å²) in [6.45, 7) is 0. The van der Waals surface area contributed by atoms with Crippen LogP contribution in [0.5, 0.6) is 0 Å². The van der Waals surface area contributed by atoms with E-state index in [0.29, 0.717) is 0 Å². The van der Waals surface area contributed by atoms with Gasteiger partial charge in [-0.3, -0.25) is 9.82 Å². The number of sulfonamides is 1. The van der Waals surface area contributed by atoms with E-state index in [4.69, 9.17) is 5.73 Å². The number of nitrogens with two attached hydrogens (primary N) is 1. The van der Waals surface area contributed by atoms with Crippen LogP contribution in [0.2, 0.25) is 0 Å². The van der Waals surface area contributed by atoms with E-state index >= 15 is 0 Å². The number of nitrogens with zero attached hydrogens (tertiary/aromatic N) is 1. The van der Waals surface area contributed by atoms with Crippen molar-refractivity contribution in [3.05, 3.63) is 34.8 Å². The van der Waals surface area contributed by atoms with E-state index in [9.17, 15) is 12.8 Å². The van der Waals surface area contributed by atoms with E-state index in [1.165, 1.54) is 12.4 Å². The first-order valence-corrected chi connectivity index (χ1v) is 6.94. The maximum Gasteiger partial charge on any atom is 0.263 e. The van der Waals surface area contributed by atoms with Crippen molar-refractivity contribution in [2.45, 2.75) is 4.90 Å². The van der Waals surface area contributed by atoms with Gasteiger partial charge in [0.05, 0.1) is 17.6 Å². The molecule has 1 heterocycles. The standard InChI is InChI=1S/C9H8BrFN4O2S/c10-6-1-7(11)8(12)2-9(6)18(16,17)15-5-3-13-14-4-5/h1-4,15H,12H2,(H,13,14). The van der Waals surface area contributed by atoms with Crippen LogP contribution in [-0.4, -0.2) is 18.6 Å². The Kier molecular flexibility index (Phi) is 3.26.